The zero-order valence-corrected chi connectivity index (χ0v) is 15.6. The van der Waals surface area contributed by atoms with Crippen LogP contribution in [0.5, 0.6) is 0 Å². The lowest BCUT2D eigenvalue weighted by Gasteiger charge is -2.27. The summed E-state index contributed by atoms with van der Waals surface area (Å²) >= 11 is 0. The van der Waals surface area contributed by atoms with Crippen LogP contribution in [0.15, 0.2) is 54.6 Å². The highest BCUT2D eigenvalue weighted by atomic mass is 16.6. The van der Waals surface area contributed by atoms with Crippen LogP contribution in [0.25, 0.3) is 0 Å². The summed E-state index contributed by atoms with van der Waals surface area (Å²) in [5.74, 6) is -0.785. The van der Waals surface area contributed by atoms with Crippen LogP contribution < -0.4 is 10.6 Å². The average Bonchev–Trinajstić information content (AvgIpc) is 2.67. The molecule has 2 N–H and O–H groups in total. The van der Waals surface area contributed by atoms with Crippen LogP contribution in [0.3, 0.4) is 0 Å². The number of nitro groups is 1. The number of rotatable bonds is 7. The SMILES string of the molecule is CNC(=O)[C@H](Cc1ccccc1)NC(=O)C(C)(C)c1ccccc1[N+](=O)[O-]. The lowest BCUT2D eigenvalue weighted by Crippen LogP contribution is -2.52. The van der Waals surface area contributed by atoms with Gasteiger partial charge in [0.1, 0.15) is 6.04 Å². The van der Waals surface area contributed by atoms with Gasteiger partial charge in [-0.05, 0) is 19.4 Å². The van der Waals surface area contributed by atoms with Crippen LogP contribution in [-0.2, 0) is 21.4 Å². The van der Waals surface area contributed by atoms with E-state index in [1.54, 1.807) is 32.0 Å². The van der Waals surface area contributed by atoms with E-state index in [2.05, 4.69) is 10.6 Å². The summed E-state index contributed by atoms with van der Waals surface area (Å²) in [4.78, 5) is 36.0. The standard InChI is InChI=1S/C20H23N3O4/c1-20(2,15-11-7-8-12-17(15)23(26)27)19(25)22-16(18(24)21-3)13-14-9-5-4-6-10-14/h4-12,16H,13H2,1-3H3,(H,21,24)(H,22,25)/t16-/m0/s1. The second-order valence-electron chi connectivity index (χ2n) is 6.73. The highest BCUT2D eigenvalue weighted by Crippen LogP contribution is 2.31. The van der Waals surface area contributed by atoms with E-state index in [1.165, 1.54) is 13.1 Å². The first-order valence-corrected chi connectivity index (χ1v) is 8.57. The fourth-order valence-corrected chi connectivity index (χ4v) is 2.86. The molecule has 0 bridgehead atoms. The number of likely N-dealkylation sites (N-methyl/N-ethyl adjacent to an activating group) is 1. The molecule has 0 aromatic heterocycles. The first-order chi connectivity index (χ1) is 12.8. The van der Waals surface area contributed by atoms with Crippen molar-refractivity contribution in [1.29, 1.82) is 0 Å². The average molecular weight is 369 g/mol. The smallest absolute Gasteiger partial charge is 0.273 e. The van der Waals surface area contributed by atoms with Crippen LogP contribution >= 0.6 is 0 Å². The monoisotopic (exact) mass is 369 g/mol. The van der Waals surface area contributed by atoms with Gasteiger partial charge in [-0.15, -0.1) is 0 Å². The lowest BCUT2D eigenvalue weighted by molar-refractivity contribution is -0.385. The maximum absolute atomic E-state index is 12.9. The molecule has 0 heterocycles. The number of para-hydroxylation sites is 1. The minimum absolute atomic E-state index is 0.128. The summed E-state index contributed by atoms with van der Waals surface area (Å²) < 4.78 is 0. The molecule has 2 rings (SSSR count). The number of benzene rings is 2. The molecule has 0 fully saturated rings. The van der Waals surface area contributed by atoms with E-state index in [0.29, 0.717) is 12.0 Å². The third kappa shape index (κ3) is 4.69. The molecule has 27 heavy (non-hydrogen) atoms. The van der Waals surface area contributed by atoms with Gasteiger partial charge in [-0.1, -0.05) is 48.5 Å². The van der Waals surface area contributed by atoms with E-state index in [1.807, 2.05) is 30.3 Å². The second kappa shape index (κ2) is 8.44. The molecule has 0 aliphatic carbocycles. The van der Waals surface area contributed by atoms with Crippen LogP contribution in [0.1, 0.15) is 25.0 Å². The topological polar surface area (TPSA) is 101 Å². The Kier molecular flexibility index (Phi) is 6.28. The zero-order valence-electron chi connectivity index (χ0n) is 15.6. The minimum atomic E-state index is -1.19. The van der Waals surface area contributed by atoms with Gasteiger partial charge in [-0.25, -0.2) is 0 Å². The fraction of sp³-hybridized carbons (Fsp3) is 0.300. The Morgan fingerprint density at radius 3 is 2.26 bits per heavy atom. The minimum Gasteiger partial charge on any atom is -0.357 e. The Hall–Kier alpha value is -3.22. The van der Waals surface area contributed by atoms with Crippen molar-refractivity contribution < 1.29 is 14.5 Å². The molecule has 0 saturated heterocycles. The van der Waals surface area contributed by atoms with Gasteiger partial charge in [0.2, 0.25) is 11.8 Å². The van der Waals surface area contributed by atoms with Crippen LogP contribution in [0, 0.1) is 10.1 Å². The Labute approximate surface area is 157 Å². The molecule has 0 radical (unpaired) electrons. The number of amides is 2. The molecular formula is C20H23N3O4. The molecule has 7 heteroatoms. The number of nitrogens with one attached hydrogen (secondary N) is 2. The van der Waals surface area contributed by atoms with E-state index >= 15 is 0 Å². The van der Waals surface area contributed by atoms with Gasteiger partial charge in [0.15, 0.2) is 0 Å². The predicted octanol–water partition coefficient (Wildman–Crippen LogP) is 2.35. The summed E-state index contributed by atoms with van der Waals surface area (Å²) in [5.41, 5.74) is -0.123. The predicted molar refractivity (Wildman–Crippen MR) is 102 cm³/mol. The maximum Gasteiger partial charge on any atom is 0.273 e. The summed E-state index contributed by atoms with van der Waals surface area (Å²) in [6, 6.07) is 14.7. The van der Waals surface area contributed by atoms with Crippen LogP contribution in [-0.4, -0.2) is 29.8 Å². The summed E-state index contributed by atoms with van der Waals surface area (Å²) in [6.45, 7) is 3.21. The highest BCUT2D eigenvalue weighted by Gasteiger charge is 2.37. The normalized spacial score (nSPS) is 12.1. The molecule has 2 amide bonds. The van der Waals surface area contributed by atoms with Gasteiger partial charge in [-0.2, -0.15) is 0 Å². The number of hydrogen-bond acceptors (Lipinski definition) is 4. The molecule has 0 spiro atoms. The zero-order chi connectivity index (χ0) is 20.0. The van der Waals surface area contributed by atoms with E-state index < -0.39 is 22.3 Å². The van der Waals surface area contributed by atoms with Gasteiger partial charge < -0.3 is 10.6 Å². The van der Waals surface area contributed by atoms with Crippen molar-refractivity contribution in [3.05, 3.63) is 75.8 Å². The van der Waals surface area contributed by atoms with Gasteiger partial charge in [0.05, 0.1) is 10.3 Å². The number of carbonyl (C=O) groups is 2. The largest absolute Gasteiger partial charge is 0.357 e. The molecule has 0 aliphatic heterocycles. The lowest BCUT2D eigenvalue weighted by atomic mass is 9.82. The van der Waals surface area contributed by atoms with E-state index in [4.69, 9.17) is 0 Å². The molecular weight excluding hydrogens is 346 g/mol. The van der Waals surface area contributed by atoms with E-state index in [0.717, 1.165) is 5.56 Å². The van der Waals surface area contributed by atoms with Gasteiger partial charge >= 0.3 is 0 Å². The Morgan fingerprint density at radius 1 is 1.07 bits per heavy atom. The van der Waals surface area contributed by atoms with Crippen molar-refractivity contribution in [2.75, 3.05) is 7.05 Å². The molecule has 1 atom stereocenters. The van der Waals surface area contributed by atoms with Crippen LogP contribution in [0.2, 0.25) is 0 Å². The van der Waals surface area contributed by atoms with Crippen molar-refractivity contribution in [2.24, 2.45) is 0 Å². The van der Waals surface area contributed by atoms with E-state index in [9.17, 15) is 19.7 Å². The molecule has 0 saturated carbocycles. The van der Waals surface area contributed by atoms with Crippen molar-refractivity contribution in [1.82, 2.24) is 10.6 Å². The van der Waals surface area contributed by atoms with Crippen molar-refractivity contribution in [2.45, 2.75) is 31.7 Å². The number of carbonyl (C=O) groups excluding carboxylic acids is 2. The van der Waals surface area contributed by atoms with E-state index in [-0.39, 0.29) is 11.6 Å². The molecule has 0 aliphatic rings. The summed E-state index contributed by atoms with van der Waals surface area (Å²) in [5, 5.41) is 16.6. The maximum atomic E-state index is 12.9. The quantitative estimate of drug-likeness (QED) is 0.578. The fourth-order valence-electron chi connectivity index (χ4n) is 2.86. The number of nitro benzene ring substituents is 1. The van der Waals surface area contributed by atoms with Crippen molar-refractivity contribution >= 4 is 17.5 Å². The van der Waals surface area contributed by atoms with Gasteiger partial charge in [0, 0.05) is 25.1 Å². The third-order valence-electron chi connectivity index (χ3n) is 4.49. The number of nitrogens with zero attached hydrogens (tertiary/aromatic N) is 1. The molecule has 2 aromatic carbocycles. The first kappa shape index (κ1) is 20.1. The molecule has 7 nitrogen and oxygen atoms in total. The van der Waals surface area contributed by atoms with Crippen molar-refractivity contribution in [3.8, 4) is 0 Å². The second-order valence-corrected chi connectivity index (χ2v) is 6.73. The molecule has 2 aromatic rings. The first-order valence-electron chi connectivity index (χ1n) is 8.57. The van der Waals surface area contributed by atoms with Crippen LogP contribution in [0.4, 0.5) is 5.69 Å². The molecule has 142 valence electrons. The van der Waals surface area contributed by atoms with Gasteiger partial charge in [-0.3, -0.25) is 19.7 Å². The summed E-state index contributed by atoms with van der Waals surface area (Å²) in [6.07, 6.45) is 0.319. The number of hydrogen-bond donors (Lipinski definition) is 2. The summed E-state index contributed by atoms with van der Waals surface area (Å²) in [7, 11) is 1.50. The third-order valence-corrected chi connectivity index (χ3v) is 4.49. The Bertz CT molecular complexity index is 834. The Morgan fingerprint density at radius 2 is 1.67 bits per heavy atom. The Balaban J connectivity index is 2.28. The van der Waals surface area contributed by atoms with Crippen molar-refractivity contribution in [3.63, 3.8) is 0 Å². The molecule has 0 unspecified atom stereocenters. The van der Waals surface area contributed by atoms with Gasteiger partial charge in [0.25, 0.3) is 5.69 Å². The highest BCUT2D eigenvalue weighted by molar-refractivity contribution is 5.93.